The highest BCUT2D eigenvalue weighted by atomic mass is 32.1. The molecule has 0 unspecified atom stereocenters. The molecule has 1 aliphatic rings. The van der Waals surface area contributed by atoms with Crippen molar-refractivity contribution in [2.24, 2.45) is 5.73 Å². The molecule has 5 nitrogen and oxygen atoms in total. The lowest BCUT2D eigenvalue weighted by molar-refractivity contribution is -0.133. The van der Waals surface area contributed by atoms with Gasteiger partial charge in [-0.05, 0) is 24.7 Å². The summed E-state index contributed by atoms with van der Waals surface area (Å²) >= 11 is 5.40. The Morgan fingerprint density at radius 3 is 2.85 bits per heavy atom. The second kappa shape index (κ2) is 6.67. The maximum absolute atomic E-state index is 11.2. The van der Waals surface area contributed by atoms with Gasteiger partial charge in [-0.15, -0.1) is 0 Å². The summed E-state index contributed by atoms with van der Waals surface area (Å²) in [6.07, 6.45) is -0.587. The number of thiocarbonyl (C=S) groups is 1. The van der Waals surface area contributed by atoms with Gasteiger partial charge < -0.3 is 20.7 Å². The molecule has 0 aromatic heterocycles. The average Bonchev–Trinajstić information content (AvgIpc) is 2.48. The first-order valence-electron chi connectivity index (χ1n) is 6.59. The van der Waals surface area contributed by atoms with Crippen molar-refractivity contribution < 1.29 is 9.53 Å². The summed E-state index contributed by atoms with van der Waals surface area (Å²) in [6, 6.07) is 10.2. The minimum Gasteiger partial charge on any atom is -0.367 e. The van der Waals surface area contributed by atoms with Crippen LogP contribution in [0.1, 0.15) is 18.5 Å². The second-order valence-corrected chi connectivity index (χ2v) is 5.18. The van der Waals surface area contributed by atoms with Crippen LogP contribution in [0.25, 0.3) is 0 Å². The number of ether oxygens (including phenoxy) is 1. The number of rotatable bonds is 3. The first-order valence-corrected chi connectivity index (χ1v) is 7.00. The fraction of sp³-hybridized carbons (Fsp3) is 0.429. The van der Waals surface area contributed by atoms with E-state index in [0.717, 1.165) is 5.56 Å². The van der Waals surface area contributed by atoms with E-state index in [1.54, 1.807) is 0 Å². The molecule has 0 aliphatic carbocycles. The largest absolute Gasteiger partial charge is 0.367 e. The number of carbonyl (C=O) groups excluding carboxylic acids is 1. The van der Waals surface area contributed by atoms with Gasteiger partial charge in [-0.2, -0.15) is 0 Å². The summed E-state index contributed by atoms with van der Waals surface area (Å²) in [5.41, 5.74) is 6.43. The maximum atomic E-state index is 11.2. The van der Waals surface area contributed by atoms with Crippen LogP contribution in [0, 0.1) is 0 Å². The van der Waals surface area contributed by atoms with Crippen LogP contribution in [0.2, 0.25) is 0 Å². The molecule has 1 amide bonds. The SMILES string of the molecule is C[C@@H](NC(=S)N1CCO[C@H](C(N)=O)C1)c1ccccc1. The lowest BCUT2D eigenvalue weighted by Gasteiger charge is -2.34. The first-order chi connectivity index (χ1) is 9.58. The molecule has 1 heterocycles. The predicted molar refractivity (Wildman–Crippen MR) is 81.1 cm³/mol. The van der Waals surface area contributed by atoms with Crippen molar-refractivity contribution >= 4 is 23.2 Å². The Kier molecular flexibility index (Phi) is 4.92. The van der Waals surface area contributed by atoms with Gasteiger partial charge in [0.15, 0.2) is 11.2 Å². The van der Waals surface area contributed by atoms with Gasteiger partial charge in [0.2, 0.25) is 5.91 Å². The standard InChI is InChI=1S/C14H19N3O2S/c1-10(11-5-3-2-4-6-11)16-14(20)17-7-8-19-12(9-17)13(15)18/h2-6,10,12H,7-9H2,1H3,(H2,15,18)(H,16,20)/t10-,12+/m1/s1. The number of hydrogen-bond donors (Lipinski definition) is 2. The van der Waals surface area contributed by atoms with Gasteiger partial charge >= 0.3 is 0 Å². The van der Waals surface area contributed by atoms with Crippen LogP contribution < -0.4 is 11.1 Å². The fourth-order valence-electron chi connectivity index (χ4n) is 2.11. The molecule has 0 saturated carbocycles. The van der Waals surface area contributed by atoms with Crippen LogP contribution >= 0.6 is 12.2 Å². The normalized spacial score (nSPS) is 20.2. The van der Waals surface area contributed by atoms with Gasteiger partial charge in [0, 0.05) is 6.54 Å². The number of amides is 1. The summed E-state index contributed by atoms with van der Waals surface area (Å²) in [4.78, 5) is 13.1. The highest BCUT2D eigenvalue weighted by Gasteiger charge is 2.26. The Morgan fingerprint density at radius 2 is 2.20 bits per heavy atom. The van der Waals surface area contributed by atoms with Crippen LogP contribution in [0.3, 0.4) is 0 Å². The smallest absolute Gasteiger partial charge is 0.248 e. The Bertz CT molecular complexity index is 481. The van der Waals surface area contributed by atoms with Gasteiger partial charge in [-0.3, -0.25) is 4.79 Å². The maximum Gasteiger partial charge on any atom is 0.248 e. The molecule has 1 aliphatic heterocycles. The summed E-state index contributed by atoms with van der Waals surface area (Å²) in [6.45, 7) is 3.57. The molecule has 1 aromatic carbocycles. The number of carbonyl (C=O) groups is 1. The molecule has 2 atom stereocenters. The number of nitrogens with two attached hydrogens (primary N) is 1. The number of primary amides is 1. The van der Waals surface area contributed by atoms with E-state index in [2.05, 4.69) is 5.32 Å². The monoisotopic (exact) mass is 293 g/mol. The number of nitrogens with zero attached hydrogens (tertiary/aromatic N) is 1. The van der Waals surface area contributed by atoms with Crippen molar-refractivity contribution in [1.82, 2.24) is 10.2 Å². The van der Waals surface area contributed by atoms with E-state index in [-0.39, 0.29) is 6.04 Å². The van der Waals surface area contributed by atoms with E-state index in [1.165, 1.54) is 0 Å². The molecule has 0 spiro atoms. The molecule has 20 heavy (non-hydrogen) atoms. The fourth-order valence-corrected chi connectivity index (χ4v) is 2.45. The summed E-state index contributed by atoms with van der Waals surface area (Å²) in [5, 5.41) is 3.90. The van der Waals surface area contributed by atoms with E-state index in [9.17, 15) is 4.79 Å². The molecule has 1 saturated heterocycles. The van der Waals surface area contributed by atoms with E-state index < -0.39 is 12.0 Å². The minimum absolute atomic E-state index is 0.110. The van der Waals surface area contributed by atoms with Crippen LogP contribution in [0.4, 0.5) is 0 Å². The van der Waals surface area contributed by atoms with E-state index in [4.69, 9.17) is 22.7 Å². The first kappa shape index (κ1) is 14.7. The third kappa shape index (κ3) is 3.68. The van der Waals surface area contributed by atoms with Crippen LogP contribution in [0.5, 0.6) is 0 Å². The zero-order chi connectivity index (χ0) is 14.5. The third-order valence-electron chi connectivity index (χ3n) is 3.31. The number of morpholine rings is 1. The third-order valence-corrected chi connectivity index (χ3v) is 3.69. The van der Waals surface area contributed by atoms with Crippen LogP contribution in [-0.2, 0) is 9.53 Å². The lowest BCUT2D eigenvalue weighted by atomic mass is 10.1. The Morgan fingerprint density at radius 1 is 1.50 bits per heavy atom. The Balaban J connectivity index is 1.93. The van der Waals surface area contributed by atoms with Crippen molar-refractivity contribution in [2.45, 2.75) is 19.1 Å². The average molecular weight is 293 g/mol. The molecule has 108 valence electrons. The second-order valence-electron chi connectivity index (χ2n) is 4.79. The van der Waals surface area contributed by atoms with Crippen molar-refractivity contribution in [3.8, 4) is 0 Å². The molecule has 6 heteroatoms. The molecule has 3 N–H and O–H groups in total. The van der Waals surface area contributed by atoms with Crippen LogP contribution in [-0.4, -0.2) is 41.7 Å². The topological polar surface area (TPSA) is 67.6 Å². The molecule has 1 fully saturated rings. The van der Waals surface area contributed by atoms with Gasteiger partial charge in [-0.25, -0.2) is 0 Å². The molecule has 0 radical (unpaired) electrons. The number of hydrogen-bond acceptors (Lipinski definition) is 3. The molecular weight excluding hydrogens is 274 g/mol. The predicted octanol–water partition coefficient (Wildman–Crippen LogP) is 0.808. The van der Waals surface area contributed by atoms with Crippen molar-refractivity contribution in [1.29, 1.82) is 0 Å². The van der Waals surface area contributed by atoms with Crippen LogP contribution in [0.15, 0.2) is 30.3 Å². The molecule has 1 aromatic rings. The number of benzene rings is 1. The van der Waals surface area contributed by atoms with Crippen molar-refractivity contribution in [3.05, 3.63) is 35.9 Å². The number of nitrogens with one attached hydrogen (secondary N) is 1. The zero-order valence-electron chi connectivity index (χ0n) is 11.4. The van der Waals surface area contributed by atoms with Gasteiger partial charge in [0.25, 0.3) is 0 Å². The quantitative estimate of drug-likeness (QED) is 0.807. The van der Waals surface area contributed by atoms with Crippen molar-refractivity contribution in [3.63, 3.8) is 0 Å². The Labute approximate surface area is 124 Å². The molecule has 0 bridgehead atoms. The Hall–Kier alpha value is -1.66. The zero-order valence-corrected chi connectivity index (χ0v) is 12.2. The van der Waals surface area contributed by atoms with E-state index in [0.29, 0.717) is 24.8 Å². The minimum atomic E-state index is -0.587. The van der Waals surface area contributed by atoms with E-state index in [1.807, 2.05) is 42.2 Å². The van der Waals surface area contributed by atoms with E-state index >= 15 is 0 Å². The summed E-state index contributed by atoms with van der Waals surface area (Å²) < 4.78 is 5.31. The van der Waals surface area contributed by atoms with Gasteiger partial charge in [-0.1, -0.05) is 30.3 Å². The summed E-state index contributed by atoms with van der Waals surface area (Å²) in [7, 11) is 0. The summed E-state index contributed by atoms with van der Waals surface area (Å²) in [5.74, 6) is -0.450. The molecular formula is C14H19N3O2S. The highest BCUT2D eigenvalue weighted by molar-refractivity contribution is 7.80. The molecule has 2 rings (SSSR count). The lowest BCUT2D eigenvalue weighted by Crippen LogP contribution is -2.53. The highest BCUT2D eigenvalue weighted by Crippen LogP contribution is 2.13. The van der Waals surface area contributed by atoms with Gasteiger partial charge in [0.05, 0.1) is 19.2 Å². The van der Waals surface area contributed by atoms with Gasteiger partial charge in [0.1, 0.15) is 0 Å². The van der Waals surface area contributed by atoms with Crippen molar-refractivity contribution in [2.75, 3.05) is 19.7 Å².